The van der Waals surface area contributed by atoms with Crippen LogP contribution in [0.2, 0.25) is 0 Å². The first-order chi connectivity index (χ1) is 12.2. The number of hydrogen-bond donors (Lipinski definition) is 2. The van der Waals surface area contributed by atoms with E-state index in [-0.39, 0.29) is 11.6 Å². The van der Waals surface area contributed by atoms with Crippen molar-refractivity contribution >= 4 is 17.7 Å². The summed E-state index contributed by atoms with van der Waals surface area (Å²) >= 11 is 2.10. The summed E-state index contributed by atoms with van der Waals surface area (Å²) < 4.78 is 0. The zero-order valence-corrected chi connectivity index (χ0v) is 16.7. The van der Waals surface area contributed by atoms with Crippen LogP contribution in [0.15, 0.2) is 4.99 Å². The Morgan fingerprint density at radius 1 is 1.12 bits per heavy atom. The molecule has 0 bridgehead atoms. The highest BCUT2D eigenvalue weighted by Crippen LogP contribution is 2.35. The lowest BCUT2D eigenvalue weighted by atomic mass is 9.80. The van der Waals surface area contributed by atoms with E-state index < -0.39 is 0 Å². The first-order valence-corrected chi connectivity index (χ1v) is 11.4. The van der Waals surface area contributed by atoms with Crippen LogP contribution in [0, 0.1) is 0 Å². The van der Waals surface area contributed by atoms with Crippen molar-refractivity contribution in [1.82, 2.24) is 15.1 Å². The molecule has 25 heavy (non-hydrogen) atoms. The zero-order valence-electron chi connectivity index (χ0n) is 15.9. The van der Waals surface area contributed by atoms with Crippen LogP contribution in [0.3, 0.4) is 0 Å². The summed E-state index contributed by atoms with van der Waals surface area (Å²) in [5.41, 5.74) is 0.287. The van der Waals surface area contributed by atoms with Crippen molar-refractivity contribution < 1.29 is 5.11 Å². The molecule has 2 aliphatic heterocycles. The maximum absolute atomic E-state index is 9.79. The number of rotatable bonds is 4. The molecule has 1 saturated carbocycles. The molecule has 0 unspecified atom stereocenters. The maximum atomic E-state index is 9.79. The lowest BCUT2D eigenvalue weighted by Crippen LogP contribution is -2.56. The number of aliphatic hydroxyl groups excluding tert-OH is 1. The van der Waals surface area contributed by atoms with E-state index in [0.29, 0.717) is 0 Å². The van der Waals surface area contributed by atoms with Gasteiger partial charge in [-0.15, -0.1) is 0 Å². The third-order valence-electron chi connectivity index (χ3n) is 6.09. The highest BCUT2D eigenvalue weighted by Gasteiger charge is 2.38. The van der Waals surface area contributed by atoms with Gasteiger partial charge in [0.15, 0.2) is 5.96 Å². The number of aliphatic imine (C=N–C) groups is 1. The van der Waals surface area contributed by atoms with Gasteiger partial charge in [0.25, 0.3) is 0 Å². The molecular weight excluding hydrogens is 332 g/mol. The molecule has 5 nitrogen and oxygen atoms in total. The normalized spacial score (nSPS) is 26.6. The van der Waals surface area contributed by atoms with Crippen LogP contribution in [0.5, 0.6) is 0 Å². The number of aliphatic hydroxyl groups is 1. The molecule has 2 heterocycles. The van der Waals surface area contributed by atoms with Gasteiger partial charge in [-0.25, -0.2) is 0 Å². The van der Waals surface area contributed by atoms with E-state index >= 15 is 0 Å². The lowest BCUT2D eigenvalue weighted by molar-refractivity contribution is 0.0665. The Morgan fingerprint density at radius 2 is 1.80 bits per heavy atom. The monoisotopic (exact) mass is 368 g/mol. The van der Waals surface area contributed by atoms with Gasteiger partial charge in [-0.05, 0) is 32.6 Å². The summed E-state index contributed by atoms with van der Waals surface area (Å²) in [5, 5.41) is 13.3. The van der Waals surface area contributed by atoms with Crippen molar-refractivity contribution in [2.24, 2.45) is 4.99 Å². The van der Waals surface area contributed by atoms with Gasteiger partial charge in [0.2, 0.25) is 0 Å². The van der Waals surface area contributed by atoms with Crippen LogP contribution in [-0.4, -0.2) is 83.3 Å². The van der Waals surface area contributed by atoms with E-state index in [4.69, 9.17) is 4.99 Å². The van der Waals surface area contributed by atoms with Crippen LogP contribution in [-0.2, 0) is 0 Å². The fourth-order valence-electron chi connectivity index (χ4n) is 4.55. The van der Waals surface area contributed by atoms with Crippen LogP contribution >= 0.6 is 11.8 Å². The zero-order chi connectivity index (χ0) is 17.5. The molecule has 0 aromatic heterocycles. The number of nitrogens with one attached hydrogen (secondary N) is 1. The molecule has 0 aromatic carbocycles. The van der Waals surface area contributed by atoms with E-state index in [2.05, 4.69) is 33.8 Å². The number of thioether (sulfide) groups is 1. The second-order valence-corrected chi connectivity index (χ2v) is 9.00. The second kappa shape index (κ2) is 9.47. The molecule has 2 N–H and O–H groups in total. The van der Waals surface area contributed by atoms with Crippen LogP contribution in [0.4, 0.5) is 0 Å². The molecule has 6 heteroatoms. The summed E-state index contributed by atoms with van der Waals surface area (Å²) in [6.45, 7) is 8.27. The van der Waals surface area contributed by atoms with Gasteiger partial charge in [-0.3, -0.25) is 9.89 Å². The van der Waals surface area contributed by atoms with E-state index in [1.165, 1.54) is 56.7 Å². The molecule has 0 amide bonds. The minimum atomic E-state index is -0.130. The Hall–Kier alpha value is -0.460. The Morgan fingerprint density at radius 3 is 2.44 bits per heavy atom. The number of hydrogen-bond acceptors (Lipinski definition) is 4. The van der Waals surface area contributed by atoms with Gasteiger partial charge >= 0.3 is 0 Å². The first-order valence-electron chi connectivity index (χ1n) is 10.3. The van der Waals surface area contributed by atoms with Gasteiger partial charge in [-0.2, -0.15) is 11.8 Å². The number of guanidine groups is 1. The second-order valence-electron chi connectivity index (χ2n) is 7.77. The van der Waals surface area contributed by atoms with Crippen molar-refractivity contribution in [3.05, 3.63) is 0 Å². The fraction of sp³-hybridized carbons (Fsp3) is 0.947. The number of likely N-dealkylation sites (tertiary alicyclic amines) is 1. The summed E-state index contributed by atoms with van der Waals surface area (Å²) in [5.74, 6) is 3.61. The van der Waals surface area contributed by atoms with Crippen LogP contribution in [0.1, 0.15) is 51.9 Å². The van der Waals surface area contributed by atoms with Gasteiger partial charge in [0.05, 0.1) is 12.6 Å². The topological polar surface area (TPSA) is 51.1 Å². The molecule has 0 aromatic rings. The summed E-state index contributed by atoms with van der Waals surface area (Å²) in [7, 11) is 0. The van der Waals surface area contributed by atoms with Gasteiger partial charge in [-0.1, -0.05) is 19.3 Å². The van der Waals surface area contributed by atoms with Crippen molar-refractivity contribution in [2.45, 2.75) is 63.5 Å². The first kappa shape index (κ1) is 19.3. The Labute approximate surface area is 157 Å². The van der Waals surface area contributed by atoms with Crippen LogP contribution < -0.4 is 5.32 Å². The van der Waals surface area contributed by atoms with Crippen molar-refractivity contribution in [2.75, 3.05) is 50.8 Å². The summed E-state index contributed by atoms with van der Waals surface area (Å²) in [6.07, 6.45) is 8.29. The average molecular weight is 369 g/mol. The Bertz CT molecular complexity index is 425. The van der Waals surface area contributed by atoms with Crippen molar-refractivity contribution in [1.29, 1.82) is 0 Å². The largest absolute Gasteiger partial charge is 0.393 e. The predicted octanol–water partition coefficient (Wildman–Crippen LogP) is 2.16. The molecule has 0 spiro atoms. The van der Waals surface area contributed by atoms with Gasteiger partial charge in [0.1, 0.15) is 0 Å². The maximum Gasteiger partial charge on any atom is 0.193 e. The third kappa shape index (κ3) is 5.04. The minimum absolute atomic E-state index is 0.130. The van der Waals surface area contributed by atoms with E-state index in [9.17, 15) is 5.11 Å². The number of nitrogens with zero attached hydrogens (tertiary/aromatic N) is 3. The SMILES string of the molecule is CCNC(=NCC1(N2CCSCC2)CCCCC1)N1CCC(O)CC1. The summed E-state index contributed by atoms with van der Waals surface area (Å²) in [4.78, 5) is 10.2. The molecule has 3 fully saturated rings. The number of piperidine rings is 1. The van der Waals surface area contributed by atoms with Crippen molar-refractivity contribution in [3.63, 3.8) is 0 Å². The molecule has 144 valence electrons. The molecule has 3 aliphatic rings. The highest BCUT2D eigenvalue weighted by atomic mass is 32.2. The highest BCUT2D eigenvalue weighted by molar-refractivity contribution is 7.99. The minimum Gasteiger partial charge on any atom is -0.393 e. The molecule has 2 saturated heterocycles. The van der Waals surface area contributed by atoms with E-state index in [0.717, 1.165) is 45.0 Å². The van der Waals surface area contributed by atoms with Crippen LogP contribution in [0.25, 0.3) is 0 Å². The fourth-order valence-corrected chi connectivity index (χ4v) is 5.45. The quantitative estimate of drug-likeness (QED) is 0.588. The van der Waals surface area contributed by atoms with E-state index in [1.54, 1.807) is 0 Å². The molecule has 0 radical (unpaired) electrons. The predicted molar refractivity (Wildman–Crippen MR) is 108 cm³/mol. The Kier molecular flexibility index (Phi) is 7.31. The molecular formula is C19H36N4OS. The molecule has 1 aliphatic carbocycles. The standard InChI is InChI=1S/C19H36N4OS/c1-2-20-18(22-10-6-17(24)7-11-22)21-16-19(8-4-3-5-9-19)23-12-14-25-15-13-23/h17,24H,2-16H2,1H3,(H,20,21). The molecule has 3 rings (SSSR count). The van der Waals surface area contributed by atoms with Gasteiger partial charge in [0, 0.05) is 49.8 Å². The average Bonchev–Trinajstić information content (AvgIpc) is 2.67. The third-order valence-corrected chi connectivity index (χ3v) is 7.03. The Balaban J connectivity index is 1.70. The van der Waals surface area contributed by atoms with Gasteiger partial charge < -0.3 is 15.3 Å². The smallest absolute Gasteiger partial charge is 0.193 e. The lowest BCUT2D eigenvalue weighted by Gasteiger charge is -2.47. The summed E-state index contributed by atoms with van der Waals surface area (Å²) in [6, 6.07) is 0. The van der Waals surface area contributed by atoms with E-state index in [1.807, 2.05) is 0 Å². The molecule has 0 atom stereocenters. The van der Waals surface area contributed by atoms with Crippen molar-refractivity contribution in [3.8, 4) is 0 Å².